The zero-order chi connectivity index (χ0) is 33.1. The molecule has 0 fully saturated rings. The number of nitrogens with one attached hydrogen (secondary N) is 6. The minimum absolute atomic E-state index is 0.00289. The maximum atomic E-state index is 13.4. The molecule has 11 N–H and O–H groups in total. The standard InChI is InChI=1S/C25H29F3N12O2.CH2O2/c1-2-13-9-14(3-4-15(13)22(41)33-5-6-34-23(42)17(29)11-36-24(30)31)38-20-21-35-12-18(40(21)8-7-32-20)16-10-37-39-19(16)25(26,27)28;2-1-3/h3-4,7-10,12,17H,2,5-6,11,29H2,1H3,(H,32,38)(H,33,41)(H,34,42)(H,37,39)(H4,30,31,36);1H,(H,2,3)/t17-;/m0./s1. The summed E-state index contributed by atoms with van der Waals surface area (Å²) in [4.78, 5) is 41.7. The molecular formula is C26H31F3N12O4. The van der Waals surface area contributed by atoms with Crippen LogP contribution in [0.3, 0.4) is 0 Å². The van der Waals surface area contributed by atoms with Crippen LogP contribution in [0.4, 0.5) is 24.7 Å². The van der Waals surface area contributed by atoms with E-state index < -0.39 is 23.8 Å². The number of imidazole rings is 1. The second kappa shape index (κ2) is 15.1. The summed E-state index contributed by atoms with van der Waals surface area (Å²) in [5.41, 5.74) is 11.9. The molecule has 16 nitrogen and oxygen atoms in total. The predicted octanol–water partition coefficient (Wildman–Crippen LogP) is 0.801. The van der Waals surface area contributed by atoms with E-state index in [0.717, 1.165) is 11.8 Å². The number of rotatable bonds is 11. The number of aryl methyl sites for hydroxylation is 1. The first-order valence-electron chi connectivity index (χ1n) is 13.2. The molecule has 45 heavy (non-hydrogen) atoms. The lowest BCUT2D eigenvalue weighted by atomic mass is 10.0. The SMILES string of the molecule is CCc1cc(Nc2nccn3c(-c4c[nH]nc4C(F)(F)F)cnc23)ccc1C(=O)NCCNC(=O)[C@@H](N)CNC(=N)N.O=CO. The highest BCUT2D eigenvalue weighted by Crippen LogP contribution is 2.36. The molecule has 3 heterocycles. The summed E-state index contributed by atoms with van der Waals surface area (Å²) in [6, 6.07) is 4.17. The van der Waals surface area contributed by atoms with Gasteiger partial charge in [0.15, 0.2) is 23.1 Å². The van der Waals surface area contributed by atoms with Crippen LogP contribution in [0.25, 0.3) is 16.9 Å². The predicted molar refractivity (Wildman–Crippen MR) is 157 cm³/mol. The van der Waals surface area contributed by atoms with Gasteiger partial charge < -0.3 is 37.8 Å². The maximum absolute atomic E-state index is 13.4. The fourth-order valence-corrected chi connectivity index (χ4v) is 4.13. The van der Waals surface area contributed by atoms with Crippen LogP contribution in [0.1, 0.15) is 28.5 Å². The van der Waals surface area contributed by atoms with E-state index in [1.54, 1.807) is 18.2 Å². The Morgan fingerprint density at radius 2 is 1.91 bits per heavy atom. The van der Waals surface area contributed by atoms with Gasteiger partial charge in [-0.25, -0.2) is 9.97 Å². The molecule has 0 aliphatic carbocycles. The van der Waals surface area contributed by atoms with Crippen molar-refractivity contribution < 1.29 is 32.7 Å². The number of carbonyl (C=O) groups is 3. The van der Waals surface area contributed by atoms with Crippen molar-refractivity contribution in [1.82, 2.24) is 40.5 Å². The van der Waals surface area contributed by atoms with Crippen molar-refractivity contribution >= 4 is 41.4 Å². The van der Waals surface area contributed by atoms with Crippen molar-refractivity contribution in [3.63, 3.8) is 0 Å². The first-order valence-corrected chi connectivity index (χ1v) is 13.2. The summed E-state index contributed by atoms with van der Waals surface area (Å²) < 4.78 is 41.7. The topological polar surface area (TPSA) is 254 Å². The van der Waals surface area contributed by atoms with E-state index in [0.29, 0.717) is 29.1 Å². The number of nitrogens with zero attached hydrogens (tertiary/aromatic N) is 4. The minimum Gasteiger partial charge on any atom is -0.483 e. The molecule has 1 atom stereocenters. The fourth-order valence-electron chi connectivity index (χ4n) is 4.13. The smallest absolute Gasteiger partial charge is 0.435 e. The lowest BCUT2D eigenvalue weighted by molar-refractivity contribution is -0.140. The van der Waals surface area contributed by atoms with E-state index >= 15 is 0 Å². The molecule has 0 bridgehead atoms. The lowest BCUT2D eigenvalue weighted by Crippen LogP contribution is -2.50. The number of carboxylic acid groups (broad SMARTS) is 1. The lowest BCUT2D eigenvalue weighted by Gasteiger charge is -2.14. The monoisotopic (exact) mass is 632 g/mol. The largest absolute Gasteiger partial charge is 0.483 e. The normalized spacial score (nSPS) is 11.6. The third-order valence-corrected chi connectivity index (χ3v) is 6.17. The van der Waals surface area contributed by atoms with Gasteiger partial charge in [0.1, 0.15) is 6.04 Å². The van der Waals surface area contributed by atoms with Crippen molar-refractivity contribution in [1.29, 1.82) is 5.41 Å². The molecule has 240 valence electrons. The number of aromatic amines is 1. The van der Waals surface area contributed by atoms with Gasteiger partial charge >= 0.3 is 6.18 Å². The summed E-state index contributed by atoms with van der Waals surface area (Å²) in [5, 5.41) is 30.5. The highest BCUT2D eigenvalue weighted by Gasteiger charge is 2.37. The van der Waals surface area contributed by atoms with Crippen molar-refractivity contribution in [3.05, 3.63) is 59.8 Å². The first kappa shape index (κ1) is 33.8. The molecule has 0 saturated carbocycles. The summed E-state index contributed by atoms with van der Waals surface area (Å²) in [6.45, 7) is 1.94. The van der Waals surface area contributed by atoms with Crippen LogP contribution in [-0.4, -0.2) is 79.6 Å². The van der Waals surface area contributed by atoms with Crippen molar-refractivity contribution in [3.8, 4) is 11.3 Å². The van der Waals surface area contributed by atoms with Gasteiger partial charge in [-0.2, -0.15) is 18.3 Å². The average molecular weight is 633 g/mol. The number of fused-ring (bicyclic) bond motifs is 1. The van der Waals surface area contributed by atoms with Crippen LogP contribution < -0.4 is 32.7 Å². The van der Waals surface area contributed by atoms with Gasteiger partial charge in [-0.3, -0.25) is 29.3 Å². The molecule has 0 aliphatic rings. The van der Waals surface area contributed by atoms with Crippen LogP contribution in [-0.2, 0) is 22.2 Å². The number of aromatic nitrogens is 5. The Kier molecular flexibility index (Phi) is 11.4. The highest BCUT2D eigenvalue weighted by atomic mass is 19.4. The van der Waals surface area contributed by atoms with Crippen molar-refractivity contribution in [2.45, 2.75) is 25.6 Å². The van der Waals surface area contributed by atoms with Crippen LogP contribution in [0.5, 0.6) is 0 Å². The van der Waals surface area contributed by atoms with E-state index in [1.165, 1.54) is 23.0 Å². The second-order valence-electron chi connectivity index (χ2n) is 9.16. The quantitative estimate of drug-likeness (QED) is 0.0484. The molecule has 19 heteroatoms. The van der Waals surface area contributed by atoms with Crippen LogP contribution in [0, 0.1) is 5.41 Å². The van der Waals surface area contributed by atoms with Gasteiger partial charge in [-0.05, 0) is 30.2 Å². The van der Waals surface area contributed by atoms with Gasteiger partial charge in [0.2, 0.25) is 5.91 Å². The van der Waals surface area contributed by atoms with Crippen molar-refractivity contribution in [2.75, 3.05) is 25.0 Å². The Bertz CT molecular complexity index is 1650. The van der Waals surface area contributed by atoms with Gasteiger partial charge in [0.25, 0.3) is 12.4 Å². The highest BCUT2D eigenvalue weighted by molar-refractivity contribution is 5.96. The molecule has 2 amide bonds. The van der Waals surface area contributed by atoms with Crippen LogP contribution in [0.2, 0.25) is 0 Å². The maximum Gasteiger partial charge on any atom is 0.435 e. The minimum atomic E-state index is -4.64. The number of alkyl halides is 3. The summed E-state index contributed by atoms with van der Waals surface area (Å²) in [5.74, 6) is -0.793. The molecule has 0 radical (unpaired) electrons. The van der Waals surface area contributed by atoms with Crippen molar-refractivity contribution in [2.24, 2.45) is 11.5 Å². The van der Waals surface area contributed by atoms with Crippen LogP contribution in [0.15, 0.2) is 43.0 Å². The van der Waals surface area contributed by atoms with E-state index in [9.17, 15) is 22.8 Å². The zero-order valence-corrected chi connectivity index (χ0v) is 23.8. The molecule has 0 saturated heterocycles. The number of halogens is 3. The molecule has 0 unspecified atom stereocenters. The van der Waals surface area contributed by atoms with Gasteiger partial charge in [0, 0.05) is 49.5 Å². The third kappa shape index (κ3) is 8.66. The first-order chi connectivity index (χ1) is 21.4. The van der Waals surface area contributed by atoms with E-state index in [1.807, 2.05) is 6.92 Å². The third-order valence-electron chi connectivity index (χ3n) is 6.17. The number of benzene rings is 1. The number of nitrogens with two attached hydrogens (primary N) is 2. The molecule has 4 aromatic rings. The molecule has 0 aliphatic heterocycles. The average Bonchev–Trinajstić information content (AvgIpc) is 3.66. The number of hydrogen-bond acceptors (Lipinski definition) is 9. The Balaban J connectivity index is 0.00000177. The number of guanidine groups is 1. The number of anilines is 2. The molecule has 3 aromatic heterocycles. The van der Waals surface area contributed by atoms with Gasteiger partial charge in [-0.15, -0.1) is 0 Å². The Labute approximate surface area is 253 Å². The second-order valence-corrected chi connectivity index (χ2v) is 9.16. The Morgan fingerprint density at radius 1 is 1.20 bits per heavy atom. The van der Waals surface area contributed by atoms with Gasteiger partial charge in [-0.1, -0.05) is 6.92 Å². The number of amides is 2. The fraction of sp³-hybridized carbons (Fsp3) is 0.269. The Hall–Kier alpha value is -5.72. The number of H-pyrrole nitrogens is 1. The zero-order valence-electron chi connectivity index (χ0n) is 23.8. The molecular weight excluding hydrogens is 601 g/mol. The molecule has 1 aromatic carbocycles. The van der Waals surface area contributed by atoms with E-state index in [2.05, 4.69) is 41.4 Å². The molecule has 4 rings (SSSR count). The van der Waals surface area contributed by atoms with Gasteiger partial charge in [0.05, 0.1) is 17.5 Å². The van der Waals surface area contributed by atoms with Crippen LogP contribution >= 0.6 is 0 Å². The summed E-state index contributed by atoms with van der Waals surface area (Å²) in [6.07, 6.45) is 1.29. The summed E-state index contributed by atoms with van der Waals surface area (Å²) >= 11 is 0. The van der Waals surface area contributed by atoms with E-state index in [4.69, 9.17) is 26.8 Å². The number of hydrogen-bond donors (Lipinski definition) is 9. The number of carbonyl (C=O) groups excluding carboxylic acids is 2. The molecule has 0 spiro atoms. The summed E-state index contributed by atoms with van der Waals surface area (Å²) in [7, 11) is 0. The Morgan fingerprint density at radius 3 is 2.58 bits per heavy atom. The van der Waals surface area contributed by atoms with E-state index in [-0.39, 0.29) is 49.2 Å².